The maximum atomic E-state index is 13.0. The van der Waals surface area contributed by atoms with Crippen LogP contribution < -0.4 is 5.32 Å². The minimum atomic E-state index is -4.39. The van der Waals surface area contributed by atoms with Crippen LogP contribution >= 0.6 is 22.9 Å². The summed E-state index contributed by atoms with van der Waals surface area (Å²) in [6.07, 6.45) is -3.67. The average Bonchev–Trinajstić information content (AvgIpc) is 3.18. The van der Waals surface area contributed by atoms with Crippen LogP contribution in [0.3, 0.4) is 0 Å². The number of fused-ring (bicyclic) bond motifs is 1. The maximum Gasteiger partial charge on any atom is 0.416 e. The van der Waals surface area contributed by atoms with Crippen molar-refractivity contribution < 1.29 is 13.2 Å². The van der Waals surface area contributed by atoms with Gasteiger partial charge in [-0.2, -0.15) is 13.2 Å². The van der Waals surface area contributed by atoms with E-state index in [1.807, 2.05) is 78.8 Å². The van der Waals surface area contributed by atoms with Gasteiger partial charge in [-0.25, -0.2) is 0 Å². The van der Waals surface area contributed by atoms with Crippen molar-refractivity contribution in [2.24, 2.45) is 0 Å². The third-order valence-corrected chi connectivity index (χ3v) is 6.17. The van der Waals surface area contributed by atoms with Gasteiger partial charge in [-0.1, -0.05) is 108 Å². The van der Waals surface area contributed by atoms with Gasteiger partial charge in [-0.3, -0.25) is 0 Å². The normalized spacial score (nSPS) is 11.0. The van der Waals surface area contributed by atoms with E-state index in [4.69, 9.17) is 11.6 Å². The molecule has 1 N–H and O–H groups in total. The van der Waals surface area contributed by atoms with E-state index in [9.17, 15) is 13.2 Å². The van der Waals surface area contributed by atoms with E-state index < -0.39 is 11.7 Å². The van der Waals surface area contributed by atoms with Crippen LogP contribution in [0.2, 0.25) is 5.02 Å². The lowest BCUT2D eigenvalue weighted by atomic mass is 10.0. The molecule has 1 aromatic heterocycles. The summed E-state index contributed by atoms with van der Waals surface area (Å²) in [4.78, 5) is 0.635. The number of thiophene rings is 1. The van der Waals surface area contributed by atoms with E-state index in [1.54, 1.807) is 0 Å². The highest BCUT2D eigenvalue weighted by Crippen LogP contribution is 2.41. The zero-order valence-corrected chi connectivity index (χ0v) is 22.8. The molecule has 0 aliphatic rings. The lowest BCUT2D eigenvalue weighted by molar-refractivity contribution is -0.137. The Bertz CT molecular complexity index is 1020. The zero-order valence-electron chi connectivity index (χ0n) is 21.2. The van der Waals surface area contributed by atoms with E-state index >= 15 is 0 Å². The van der Waals surface area contributed by atoms with Crippen LogP contribution in [-0.4, -0.2) is 6.04 Å². The Morgan fingerprint density at radius 1 is 0.971 bits per heavy atom. The van der Waals surface area contributed by atoms with Crippen LogP contribution in [0.15, 0.2) is 67.3 Å². The summed E-state index contributed by atoms with van der Waals surface area (Å²) in [5, 5.41) is 4.34. The van der Waals surface area contributed by atoms with Gasteiger partial charge >= 0.3 is 6.18 Å². The van der Waals surface area contributed by atoms with Crippen LogP contribution in [0.5, 0.6) is 0 Å². The molecular weight excluding hydrogens is 475 g/mol. The first kappa shape index (κ1) is 31.8. The van der Waals surface area contributed by atoms with Gasteiger partial charge in [0.25, 0.3) is 0 Å². The third-order valence-electron chi connectivity index (χ3n) is 4.46. The summed E-state index contributed by atoms with van der Waals surface area (Å²) < 4.78 is 39.4. The van der Waals surface area contributed by atoms with Gasteiger partial charge in [0.05, 0.1) is 21.5 Å². The average molecular weight is 512 g/mol. The molecule has 0 aliphatic carbocycles. The second-order valence-corrected chi connectivity index (χ2v) is 8.10. The molecule has 3 aromatic rings. The van der Waals surface area contributed by atoms with Crippen molar-refractivity contribution in [2.45, 2.75) is 67.1 Å². The quantitative estimate of drug-likeness (QED) is 0.324. The Hall–Kier alpha value is -2.24. The van der Waals surface area contributed by atoms with Gasteiger partial charge in [-0.05, 0) is 31.0 Å². The molecule has 0 fully saturated rings. The Labute approximate surface area is 212 Å². The molecule has 6 heteroatoms. The number of nitrogens with one attached hydrogen (secondary N) is 1. The van der Waals surface area contributed by atoms with Crippen molar-refractivity contribution in [3.8, 4) is 0 Å². The van der Waals surface area contributed by atoms with Crippen molar-refractivity contribution in [2.75, 3.05) is 0 Å². The molecule has 0 bridgehead atoms. The number of alkyl halides is 3. The SMILES string of the molecule is C=C(NC(Cc1ccccc1)C(=C)C)c1sc2cc(C(F)(F)F)ccc2c1Cl.CC.CC.CC. The lowest BCUT2D eigenvalue weighted by Gasteiger charge is -2.21. The van der Waals surface area contributed by atoms with Crippen molar-refractivity contribution in [1.29, 1.82) is 0 Å². The molecule has 3 rings (SSSR count). The van der Waals surface area contributed by atoms with E-state index in [0.29, 0.717) is 25.7 Å². The lowest BCUT2D eigenvalue weighted by Crippen LogP contribution is -2.30. The van der Waals surface area contributed by atoms with Crippen LogP contribution in [0.25, 0.3) is 15.8 Å². The monoisotopic (exact) mass is 511 g/mol. The number of hydrogen-bond acceptors (Lipinski definition) is 2. The minimum absolute atomic E-state index is 0.0677. The molecule has 1 atom stereocenters. The van der Waals surface area contributed by atoms with Crippen LogP contribution in [0, 0.1) is 0 Å². The Morgan fingerprint density at radius 3 is 2.03 bits per heavy atom. The predicted octanol–water partition coefficient (Wildman–Crippen LogP) is 10.4. The summed E-state index contributed by atoms with van der Waals surface area (Å²) in [7, 11) is 0. The number of benzene rings is 2. The van der Waals surface area contributed by atoms with Crippen molar-refractivity contribution in [1.82, 2.24) is 5.32 Å². The fourth-order valence-corrected chi connectivity index (χ4v) is 4.43. The van der Waals surface area contributed by atoms with E-state index in [1.165, 1.54) is 17.4 Å². The highest BCUT2D eigenvalue weighted by Gasteiger charge is 2.31. The number of halogens is 4. The van der Waals surface area contributed by atoms with Crippen LogP contribution in [0.4, 0.5) is 13.2 Å². The maximum absolute atomic E-state index is 13.0. The number of rotatable bonds is 6. The summed E-state index contributed by atoms with van der Waals surface area (Å²) in [5.74, 6) is 0. The van der Waals surface area contributed by atoms with Gasteiger partial charge < -0.3 is 5.32 Å². The molecule has 0 aliphatic heterocycles. The van der Waals surface area contributed by atoms with Crippen LogP contribution in [0.1, 0.15) is 64.5 Å². The molecular formula is C28H37ClF3NS. The smallest absolute Gasteiger partial charge is 0.378 e. The molecule has 0 radical (unpaired) electrons. The van der Waals surface area contributed by atoms with E-state index in [2.05, 4.69) is 18.5 Å². The first-order valence-corrected chi connectivity index (χ1v) is 12.8. The second kappa shape index (κ2) is 15.6. The first-order chi connectivity index (χ1) is 16.2. The van der Waals surface area contributed by atoms with Crippen molar-refractivity contribution in [3.63, 3.8) is 0 Å². The van der Waals surface area contributed by atoms with E-state index in [0.717, 1.165) is 29.7 Å². The van der Waals surface area contributed by atoms with Gasteiger partial charge in [0.15, 0.2) is 0 Å². The minimum Gasteiger partial charge on any atom is -0.378 e. The first-order valence-electron chi connectivity index (χ1n) is 11.6. The summed E-state index contributed by atoms with van der Waals surface area (Å²) in [6.45, 7) is 22.0. The van der Waals surface area contributed by atoms with Gasteiger partial charge in [0.2, 0.25) is 0 Å². The fraction of sp³-hybridized carbons (Fsp3) is 0.357. The number of hydrogen-bond donors (Lipinski definition) is 1. The topological polar surface area (TPSA) is 12.0 Å². The molecule has 1 unspecified atom stereocenters. The molecule has 34 heavy (non-hydrogen) atoms. The van der Waals surface area contributed by atoms with Crippen molar-refractivity contribution >= 4 is 38.7 Å². The zero-order chi connectivity index (χ0) is 26.5. The standard InChI is InChI=1S/C22H19ClF3NS.3C2H6/c1-13(2)18(11-15-7-5-4-6-8-15)27-14(3)21-20(23)17-10-9-16(22(24,25)26)12-19(17)28-21;3*1-2/h4-10,12,18,27H,1,3,11H2,2H3;3*1-2H3. The Balaban J connectivity index is 0.00000168. The highest BCUT2D eigenvalue weighted by molar-refractivity contribution is 7.20. The van der Waals surface area contributed by atoms with E-state index in [-0.39, 0.29) is 6.04 Å². The molecule has 0 amide bonds. The molecule has 0 saturated heterocycles. The molecule has 0 saturated carbocycles. The Morgan fingerprint density at radius 2 is 1.53 bits per heavy atom. The molecule has 1 nitrogen and oxygen atoms in total. The second-order valence-electron chi connectivity index (χ2n) is 6.67. The summed E-state index contributed by atoms with van der Waals surface area (Å²) >= 11 is 7.65. The van der Waals surface area contributed by atoms with Crippen molar-refractivity contribution in [3.05, 3.63) is 88.3 Å². The predicted molar refractivity (Wildman–Crippen MR) is 147 cm³/mol. The largest absolute Gasteiger partial charge is 0.416 e. The third kappa shape index (κ3) is 8.84. The molecule has 188 valence electrons. The fourth-order valence-electron chi connectivity index (χ4n) is 2.91. The van der Waals surface area contributed by atoms with Gasteiger partial charge in [-0.15, -0.1) is 11.3 Å². The molecule has 2 aromatic carbocycles. The van der Waals surface area contributed by atoms with Crippen LogP contribution in [-0.2, 0) is 12.6 Å². The summed E-state index contributed by atoms with van der Waals surface area (Å²) in [5.41, 5.74) is 1.96. The molecule has 1 heterocycles. The molecule has 0 spiro atoms. The Kier molecular flexibility index (Phi) is 14.6. The summed E-state index contributed by atoms with van der Waals surface area (Å²) in [6, 6.07) is 13.5. The highest BCUT2D eigenvalue weighted by atomic mass is 35.5. The van der Waals surface area contributed by atoms with Gasteiger partial charge in [0, 0.05) is 15.8 Å². The van der Waals surface area contributed by atoms with Gasteiger partial charge in [0.1, 0.15) is 0 Å².